The summed E-state index contributed by atoms with van der Waals surface area (Å²) in [5, 5.41) is 0. The van der Waals surface area contributed by atoms with Crippen molar-refractivity contribution < 1.29 is 4.39 Å². The van der Waals surface area contributed by atoms with Gasteiger partial charge >= 0.3 is 0 Å². The molecule has 2 nitrogen and oxygen atoms in total. The van der Waals surface area contributed by atoms with Crippen molar-refractivity contribution in [2.24, 2.45) is 0 Å². The minimum atomic E-state index is -0.302. The van der Waals surface area contributed by atoms with Crippen molar-refractivity contribution >= 4 is 33.4 Å². The summed E-state index contributed by atoms with van der Waals surface area (Å²) in [4.78, 5) is 8.14. The van der Waals surface area contributed by atoms with Crippen LogP contribution in [0.4, 0.5) is 4.39 Å². The Kier molecular flexibility index (Phi) is 2.46. The van der Waals surface area contributed by atoms with E-state index in [9.17, 15) is 4.39 Å². The van der Waals surface area contributed by atoms with Crippen molar-refractivity contribution in [2.75, 3.05) is 5.75 Å². The van der Waals surface area contributed by atoms with Gasteiger partial charge in [-0.2, -0.15) is 0 Å². The molecule has 0 saturated heterocycles. The van der Waals surface area contributed by atoms with E-state index in [1.165, 1.54) is 23.6 Å². The summed E-state index contributed by atoms with van der Waals surface area (Å²) < 4.78 is 14.5. The molecule has 0 saturated carbocycles. The first-order valence-corrected chi connectivity index (χ1v) is 5.64. The quantitative estimate of drug-likeness (QED) is 0.719. The first kappa shape index (κ1) is 8.90. The van der Waals surface area contributed by atoms with Crippen LogP contribution >= 0.6 is 23.1 Å². The molecule has 2 heterocycles. The molecule has 0 aliphatic carbocycles. The number of aromatic nitrogens is 2. The van der Waals surface area contributed by atoms with E-state index in [4.69, 9.17) is 0 Å². The molecule has 0 unspecified atom stereocenters. The lowest BCUT2D eigenvalue weighted by Gasteiger charge is -1.84. The van der Waals surface area contributed by atoms with Crippen LogP contribution < -0.4 is 0 Å². The van der Waals surface area contributed by atoms with E-state index in [-0.39, 0.29) is 5.82 Å². The maximum atomic E-state index is 12.7. The molecule has 0 fully saturated rings. The molecule has 2 aromatic heterocycles. The summed E-state index contributed by atoms with van der Waals surface area (Å²) in [5.41, 5.74) is 0.641. The first-order chi connectivity index (χ1) is 6.29. The van der Waals surface area contributed by atoms with Crippen molar-refractivity contribution in [3.8, 4) is 0 Å². The summed E-state index contributed by atoms with van der Waals surface area (Å²) in [6.07, 6.45) is 1.20. The van der Waals surface area contributed by atoms with E-state index in [2.05, 4.69) is 16.9 Å². The summed E-state index contributed by atoms with van der Waals surface area (Å²) in [6.45, 7) is 2.06. The highest BCUT2D eigenvalue weighted by Crippen LogP contribution is 2.28. The topological polar surface area (TPSA) is 25.8 Å². The number of nitrogens with zero attached hydrogens (tertiary/aromatic N) is 2. The van der Waals surface area contributed by atoms with Crippen LogP contribution in [0, 0.1) is 5.82 Å². The molecule has 0 radical (unpaired) electrons. The minimum absolute atomic E-state index is 0.302. The molecule has 13 heavy (non-hydrogen) atoms. The number of rotatable bonds is 2. The van der Waals surface area contributed by atoms with Gasteiger partial charge in [-0.05, 0) is 11.8 Å². The standard InChI is InChI=1S/C8H7FN2S2/c1-2-12-8-11-7-6(13-8)3-5(9)4-10-7/h3-4H,2H2,1H3. The maximum absolute atomic E-state index is 12.7. The van der Waals surface area contributed by atoms with Crippen molar-refractivity contribution in [2.45, 2.75) is 11.3 Å². The number of thioether (sulfide) groups is 1. The number of thiazole rings is 1. The fourth-order valence-corrected chi connectivity index (χ4v) is 2.90. The molecule has 0 atom stereocenters. The summed E-state index contributed by atoms with van der Waals surface area (Å²) >= 11 is 3.14. The Morgan fingerprint density at radius 1 is 1.62 bits per heavy atom. The molecule has 2 rings (SSSR count). The zero-order valence-electron chi connectivity index (χ0n) is 6.95. The van der Waals surface area contributed by atoms with E-state index in [0.29, 0.717) is 5.65 Å². The molecular formula is C8H7FN2S2. The first-order valence-electron chi connectivity index (χ1n) is 3.84. The highest BCUT2D eigenvalue weighted by atomic mass is 32.2. The molecule has 0 bridgehead atoms. The summed E-state index contributed by atoms with van der Waals surface area (Å²) in [6, 6.07) is 1.47. The molecule has 5 heteroatoms. The zero-order chi connectivity index (χ0) is 9.26. The largest absolute Gasteiger partial charge is 0.233 e. The average Bonchev–Trinajstić information content (AvgIpc) is 2.46. The Bertz CT molecular complexity index is 427. The molecule has 2 aromatic rings. The monoisotopic (exact) mass is 214 g/mol. The molecule has 0 spiro atoms. The Labute approximate surface area is 83.2 Å². The Morgan fingerprint density at radius 3 is 3.23 bits per heavy atom. The second-order valence-electron chi connectivity index (χ2n) is 2.39. The van der Waals surface area contributed by atoms with Crippen molar-refractivity contribution in [1.29, 1.82) is 0 Å². The number of hydrogen-bond acceptors (Lipinski definition) is 4. The van der Waals surface area contributed by atoms with Crippen LogP contribution in [0.5, 0.6) is 0 Å². The summed E-state index contributed by atoms with van der Waals surface area (Å²) in [5.74, 6) is 0.673. The van der Waals surface area contributed by atoms with Gasteiger partial charge in [0, 0.05) is 0 Å². The third-order valence-electron chi connectivity index (χ3n) is 1.46. The average molecular weight is 214 g/mol. The van der Waals surface area contributed by atoms with E-state index >= 15 is 0 Å². The Balaban J connectivity index is 2.49. The fraction of sp³-hybridized carbons (Fsp3) is 0.250. The molecule has 0 aromatic carbocycles. The number of fused-ring (bicyclic) bond motifs is 1. The van der Waals surface area contributed by atoms with Gasteiger partial charge in [0.25, 0.3) is 0 Å². The lowest BCUT2D eigenvalue weighted by Crippen LogP contribution is -1.78. The number of pyridine rings is 1. The third kappa shape index (κ3) is 1.81. The van der Waals surface area contributed by atoms with Crippen LogP contribution in [0.3, 0.4) is 0 Å². The van der Waals surface area contributed by atoms with Crippen LogP contribution in [0.25, 0.3) is 10.3 Å². The fourth-order valence-electron chi connectivity index (χ4n) is 0.961. The predicted octanol–water partition coefficient (Wildman–Crippen LogP) is 2.94. The zero-order valence-corrected chi connectivity index (χ0v) is 8.58. The molecular weight excluding hydrogens is 207 g/mol. The van der Waals surface area contributed by atoms with Crippen LogP contribution in [0.1, 0.15) is 6.92 Å². The number of hydrogen-bond donors (Lipinski definition) is 0. The second-order valence-corrected chi connectivity index (χ2v) is 4.93. The lowest BCUT2D eigenvalue weighted by molar-refractivity contribution is 0.624. The smallest absolute Gasteiger partial charge is 0.171 e. The van der Waals surface area contributed by atoms with Gasteiger partial charge in [-0.3, -0.25) is 0 Å². The van der Waals surface area contributed by atoms with Crippen LogP contribution in [0.2, 0.25) is 0 Å². The lowest BCUT2D eigenvalue weighted by atomic mass is 10.5. The molecule has 68 valence electrons. The predicted molar refractivity (Wildman–Crippen MR) is 53.8 cm³/mol. The highest BCUT2D eigenvalue weighted by Gasteiger charge is 2.05. The van der Waals surface area contributed by atoms with Gasteiger partial charge in [0.05, 0.1) is 10.9 Å². The Morgan fingerprint density at radius 2 is 2.46 bits per heavy atom. The van der Waals surface area contributed by atoms with Crippen LogP contribution in [0.15, 0.2) is 16.6 Å². The number of halogens is 1. The molecule has 0 aliphatic heterocycles. The van der Waals surface area contributed by atoms with Gasteiger partial charge in [0.1, 0.15) is 5.82 Å². The Hall–Kier alpha value is -0.680. The second kappa shape index (κ2) is 3.59. The van der Waals surface area contributed by atoms with Gasteiger partial charge in [-0.15, -0.1) is 11.3 Å². The van der Waals surface area contributed by atoms with Crippen molar-refractivity contribution in [3.05, 3.63) is 18.1 Å². The van der Waals surface area contributed by atoms with Crippen molar-refractivity contribution in [3.63, 3.8) is 0 Å². The van der Waals surface area contributed by atoms with Gasteiger partial charge in [0.15, 0.2) is 9.99 Å². The van der Waals surface area contributed by atoms with E-state index in [0.717, 1.165) is 14.8 Å². The molecule has 0 amide bonds. The SMILES string of the molecule is CCSc1nc2ncc(F)cc2s1. The molecule has 0 aliphatic rings. The van der Waals surface area contributed by atoms with Gasteiger partial charge in [-0.25, -0.2) is 14.4 Å². The highest BCUT2D eigenvalue weighted by molar-refractivity contribution is 8.01. The van der Waals surface area contributed by atoms with Crippen molar-refractivity contribution in [1.82, 2.24) is 9.97 Å². The van der Waals surface area contributed by atoms with Gasteiger partial charge in [0.2, 0.25) is 0 Å². The van der Waals surface area contributed by atoms with E-state index in [1.807, 2.05) is 0 Å². The normalized spacial score (nSPS) is 10.9. The minimum Gasteiger partial charge on any atom is -0.233 e. The van der Waals surface area contributed by atoms with Gasteiger partial charge < -0.3 is 0 Å². The van der Waals surface area contributed by atoms with Crippen LogP contribution in [-0.2, 0) is 0 Å². The van der Waals surface area contributed by atoms with Gasteiger partial charge in [-0.1, -0.05) is 18.7 Å². The third-order valence-corrected chi connectivity index (χ3v) is 3.48. The van der Waals surface area contributed by atoms with Crippen LogP contribution in [-0.4, -0.2) is 15.7 Å². The van der Waals surface area contributed by atoms with E-state index in [1.54, 1.807) is 11.8 Å². The maximum Gasteiger partial charge on any atom is 0.171 e. The van der Waals surface area contributed by atoms with E-state index < -0.39 is 0 Å². The molecule has 0 N–H and O–H groups in total. The summed E-state index contributed by atoms with van der Waals surface area (Å²) in [7, 11) is 0.